The van der Waals surface area contributed by atoms with Gasteiger partial charge in [-0.05, 0) is 18.2 Å². The number of pyridine rings is 1. The van der Waals surface area contributed by atoms with Crippen molar-refractivity contribution in [3.63, 3.8) is 0 Å². The molecule has 32 heavy (non-hydrogen) atoms. The Labute approximate surface area is 196 Å². The van der Waals surface area contributed by atoms with Gasteiger partial charge in [0.1, 0.15) is 22.4 Å². The molecule has 0 aliphatic carbocycles. The number of halogens is 6. The van der Waals surface area contributed by atoms with Crippen LogP contribution in [-0.2, 0) is 10.9 Å². The number of esters is 1. The Balaban J connectivity index is 1.95. The van der Waals surface area contributed by atoms with Gasteiger partial charge in [0.25, 0.3) is 0 Å². The fourth-order valence-corrected chi connectivity index (χ4v) is 2.69. The van der Waals surface area contributed by atoms with Gasteiger partial charge in [0.05, 0.1) is 30.9 Å². The molecule has 0 atom stereocenters. The van der Waals surface area contributed by atoms with Crippen molar-refractivity contribution >= 4 is 40.8 Å². The number of rotatable bonds is 10. The van der Waals surface area contributed by atoms with Crippen LogP contribution >= 0.6 is 34.8 Å². The van der Waals surface area contributed by atoms with E-state index < -0.39 is 17.7 Å². The molecule has 0 saturated carbocycles. The molecule has 0 spiro atoms. The number of methoxy groups -OCH3 is 1. The lowest BCUT2D eigenvalue weighted by atomic mass is 10.2. The van der Waals surface area contributed by atoms with Gasteiger partial charge in [-0.1, -0.05) is 34.8 Å². The highest BCUT2D eigenvalue weighted by atomic mass is 35.5. The minimum Gasteiger partial charge on any atom is -0.491 e. The first-order valence-electron chi connectivity index (χ1n) is 8.96. The number of carbonyl (C=O) groups is 1. The summed E-state index contributed by atoms with van der Waals surface area (Å²) in [5, 5.41) is 0.106. The maximum absolute atomic E-state index is 12.5. The van der Waals surface area contributed by atoms with E-state index in [1.54, 1.807) is 0 Å². The summed E-state index contributed by atoms with van der Waals surface area (Å²) >= 11 is 17.3. The van der Waals surface area contributed by atoms with E-state index in [9.17, 15) is 18.0 Å². The summed E-state index contributed by atoms with van der Waals surface area (Å²) in [4.78, 5) is 15.7. The highest BCUT2D eigenvalue weighted by molar-refractivity contribution is 6.55. The zero-order valence-electron chi connectivity index (χ0n) is 16.5. The highest BCUT2D eigenvalue weighted by Crippen LogP contribution is 2.34. The van der Waals surface area contributed by atoms with E-state index in [0.29, 0.717) is 12.6 Å². The SMILES string of the molecule is COC(=O)c1cc(OCC=C(Cl)Cl)cc(Cl)c1OCCCOc1ccc(C(F)(F)F)cn1. The predicted octanol–water partition coefficient (Wildman–Crippen LogP) is 6.09. The Morgan fingerprint density at radius 2 is 1.84 bits per heavy atom. The van der Waals surface area contributed by atoms with Gasteiger partial charge in [-0.3, -0.25) is 0 Å². The number of alkyl halides is 3. The molecule has 0 aliphatic heterocycles. The number of ether oxygens (including phenoxy) is 4. The van der Waals surface area contributed by atoms with Gasteiger partial charge in [-0.15, -0.1) is 0 Å². The Bertz CT molecular complexity index is 949. The van der Waals surface area contributed by atoms with E-state index in [1.165, 1.54) is 25.3 Å². The molecule has 12 heteroatoms. The van der Waals surface area contributed by atoms with Gasteiger partial charge < -0.3 is 18.9 Å². The molecule has 6 nitrogen and oxygen atoms in total. The molecule has 0 bridgehead atoms. The Morgan fingerprint density at radius 3 is 2.44 bits per heavy atom. The van der Waals surface area contributed by atoms with Crippen LogP contribution in [0.2, 0.25) is 5.02 Å². The third-order valence-corrected chi connectivity index (χ3v) is 4.35. The second-order valence-corrected chi connectivity index (χ2v) is 7.43. The average molecular weight is 515 g/mol. The second-order valence-electron chi connectivity index (χ2n) is 6.01. The molecule has 0 unspecified atom stereocenters. The summed E-state index contributed by atoms with van der Waals surface area (Å²) in [7, 11) is 1.20. The van der Waals surface area contributed by atoms with Crippen molar-refractivity contribution < 1.29 is 36.9 Å². The van der Waals surface area contributed by atoms with Crippen LogP contribution in [-0.4, -0.2) is 37.9 Å². The molecular formula is C20H17Cl3F3NO5. The molecule has 1 heterocycles. The number of carbonyl (C=O) groups excluding carboxylic acids is 1. The fraction of sp³-hybridized carbons (Fsp3) is 0.300. The third kappa shape index (κ3) is 7.96. The van der Waals surface area contributed by atoms with Gasteiger partial charge in [-0.25, -0.2) is 9.78 Å². The second kappa shape index (κ2) is 12.0. The van der Waals surface area contributed by atoms with Crippen LogP contribution in [0.1, 0.15) is 22.3 Å². The molecular weight excluding hydrogens is 498 g/mol. The molecule has 174 valence electrons. The molecule has 2 rings (SSSR count). The summed E-state index contributed by atoms with van der Waals surface area (Å²) in [5.74, 6) is -0.294. The van der Waals surface area contributed by atoms with Crippen LogP contribution in [0.4, 0.5) is 13.2 Å². The van der Waals surface area contributed by atoms with E-state index in [-0.39, 0.29) is 52.3 Å². The first-order chi connectivity index (χ1) is 15.1. The molecule has 0 amide bonds. The number of aromatic nitrogens is 1. The lowest BCUT2D eigenvalue weighted by Crippen LogP contribution is -2.11. The Morgan fingerprint density at radius 1 is 1.12 bits per heavy atom. The predicted molar refractivity (Wildman–Crippen MR) is 113 cm³/mol. The van der Waals surface area contributed by atoms with Gasteiger partial charge in [0, 0.05) is 24.8 Å². The van der Waals surface area contributed by atoms with Gasteiger partial charge in [-0.2, -0.15) is 13.2 Å². The van der Waals surface area contributed by atoms with Crippen LogP contribution < -0.4 is 14.2 Å². The Kier molecular flexibility index (Phi) is 9.74. The first kappa shape index (κ1) is 25.9. The zero-order valence-corrected chi connectivity index (χ0v) is 18.8. The Hall–Kier alpha value is -2.36. The van der Waals surface area contributed by atoms with Gasteiger partial charge in [0.2, 0.25) is 5.88 Å². The molecule has 0 aliphatic rings. The molecule has 0 radical (unpaired) electrons. The van der Waals surface area contributed by atoms with E-state index >= 15 is 0 Å². The standard InChI is InChI=1S/C20H17Cl3F3NO5/c1-29-19(28)14-9-13(30-8-5-16(22)23)10-15(21)18(14)32-7-2-6-31-17-4-3-12(11-27-17)20(24,25)26/h3-5,9-11H,2,6-8H2,1H3. The zero-order chi connectivity index (χ0) is 23.7. The van der Waals surface area contributed by atoms with Crippen molar-refractivity contribution in [3.8, 4) is 17.4 Å². The first-order valence-corrected chi connectivity index (χ1v) is 10.1. The van der Waals surface area contributed by atoms with Crippen LogP contribution in [0.15, 0.2) is 41.0 Å². The van der Waals surface area contributed by atoms with E-state index in [4.69, 9.17) is 53.8 Å². The number of benzene rings is 1. The van der Waals surface area contributed by atoms with Crippen LogP contribution in [0.5, 0.6) is 17.4 Å². The van der Waals surface area contributed by atoms with Crippen molar-refractivity contribution in [2.75, 3.05) is 26.9 Å². The number of nitrogens with zero attached hydrogens (tertiary/aromatic N) is 1. The van der Waals surface area contributed by atoms with Crippen LogP contribution in [0.3, 0.4) is 0 Å². The molecule has 1 aromatic heterocycles. The van der Waals surface area contributed by atoms with Crippen molar-refractivity contribution in [1.82, 2.24) is 4.98 Å². The quantitative estimate of drug-likeness (QED) is 0.283. The topological polar surface area (TPSA) is 66.9 Å². The molecule has 0 saturated heterocycles. The van der Waals surface area contributed by atoms with Crippen molar-refractivity contribution in [3.05, 3.63) is 57.2 Å². The summed E-state index contributed by atoms with van der Waals surface area (Å²) in [6, 6.07) is 4.84. The molecule has 0 N–H and O–H groups in total. The minimum absolute atomic E-state index is 0.0259. The van der Waals surface area contributed by atoms with E-state index in [2.05, 4.69) is 4.98 Å². The summed E-state index contributed by atoms with van der Waals surface area (Å²) < 4.78 is 58.7. The smallest absolute Gasteiger partial charge is 0.417 e. The largest absolute Gasteiger partial charge is 0.491 e. The van der Waals surface area contributed by atoms with Crippen LogP contribution in [0.25, 0.3) is 0 Å². The lowest BCUT2D eigenvalue weighted by Gasteiger charge is -2.14. The van der Waals surface area contributed by atoms with Crippen LogP contribution in [0, 0.1) is 0 Å². The highest BCUT2D eigenvalue weighted by Gasteiger charge is 2.30. The maximum Gasteiger partial charge on any atom is 0.417 e. The molecule has 2 aromatic rings. The number of hydrogen-bond acceptors (Lipinski definition) is 6. The van der Waals surface area contributed by atoms with Crippen molar-refractivity contribution in [1.29, 1.82) is 0 Å². The third-order valence-electron chi connectivity index (χ3n) is 3.76. The van der Waals surface area contributed by atoms with E-state index in [1.807, 2.05) is 0 Å². The monoisotopic (exact) mass is 513 g/mol. The minimum atomic E-state index is -4.47. The normalized spacial score (nSPS) is 11.0. The maximum atomic E-state index is 12.5. The summed E-state index contributed by atoms with van der Waals surface area (Å²) in [6.07, 6.45) is -2.04. The van der Waals surface area contributed by atoms with E-state index in [0.717, 1.165) is 12.1 Å². The summed E-state index contributed by atoms with van der Waals surface area (Å²) in [6.45, 7) is 0.250. The van der Waals surface area contributed by atoms with Gasteiger partial charge in [0.15, 0.2) is 5.75 Å². The fourth-order valence-electron chi connectivity index (χ4n) is 2.30. The van der Waals surface area contributed by atoms with Crippen molar-refractivity contribution in [2.45, 2.75) is 12.6 Å². The molecule has 1 aromatic carbocycles. The van der Waals surface area contributed by atoms with Crippen molar-refractivity contribution in [2.24, 2.45) is 0 Å². The average Bonchev–Trinajstić information content (AvgIpc) is 2.73. The number of hydrogen-bond donors (Lipinski definition) is 0. The lowest BCUT2D eigenvalue weighted by molar-refractivity contribution is -0.137. The molecule has 0 fully saturated rings. The van der Waals surface area contributed by atoms with Gasteiger partial charge >= 0.3 is 12.1 Å². The summed E-state index contributed by atoms with van der Waals surface area (Å²) in [5.41, 5.74) is -0.825.